The predicted octanol–water partition coefficient (Wildman–Crippen LogP) is 4.30. The van der Waals surface area contributed by atoms with Gasteiger partial charge in [-0.05, 0) is 37.1 Å². The monoisotopic (exact) mass is 492 g/mol. The highest BCUT2D eigenvalue weighted by Gasteiger charge is 2.36. The summed E-state index contributed by atoms with van der Waals surface area (Å²) in [5.41, 5.74) is -0.716. The highest BCUT2D eigenvalue weighted by Crippen LogP contribution is 2.33. The molecule has 1 aliphatic rings. The van der Waals surface area contributed by atoms with Crippen LogP contribution in [0.1, 0.15) is 43.6 Å². The van der Waals surface area contributed by atoms with Gasteiger partial charge in [0, 0.05) is 39.6 Å². The van der Waals surface area contributed by atoms with Gasteiger partial charge in [-0.2, -0.15) is 13.2 Å². The fourth-order valence-electron chi connectivity index (χ4n) is 4.15. The molecule has 0 radical (unpaired) electrons. The molecule has 0 bridgehead atoms. The van der Waals surface area contributed by atoms with Gasteiger partial charge in [0.25, 0.3) is 5.91 Å². The number of alkyl halides is 3. The van der Waals surface area contributed by atoms with Crippen molar-refractivity contribution in [3.8, 4) is 0 Å². The highest BCUT2D eigenvalue weighted by atomic mass is 19.4. The Hall–Kier alpha value is -2.91. The first-order valence-corrected chi connectivity index (χ1v) is 11.5. The molecule has 2 aromatic carbocycles. The fraction of sp³-hybridized carbons (Fsp3) is 0.462. The SMILES string of the molecule is CC(=O)OC(C)(C)C(=O)N1CCN(CCOC(c2ccccc2)c2cccc(C(F)(F)F)c2)CC1. The van der Waals surface area contributed by atoms with Crippen LogP contribution >= 0.6 is 0 Å². The molecule has 1 amide bonds. The maximum absolute atomic E-state index is 13.3. The molecular formula is C26H31F3N2O4. The Labute approximate surface area is 203 Å². The van der Waals surface area contributed by atoms with Gasteiger partial charge in [0.2, 0.25) is 0 Å². The highest BCUT2D eigenvalue weighted by molar-refractivity contribution is 5.86. The predicted molar refractivity (Wildman–Crippen MR) is 125 cm³/mol. The van der Waals surface area contributed by atoms with Gasteiger partial charge in [-0.3, -0.25) is 14.5 Å². The van der Waals surface area contributed by atoms with Crippen LogP contribution in [-0.4, -0.2) is 66.6 Å². The lowest BCUT2D eigenvalue weighted by Crippen LogP contribution is -2.55. The topological polar surface area (TPSA) is 59.1 Å². The van der Waals surface area contributed by atoms with Gasteiger partial charge in [-0.15, -0.1) is 0 Å². The Morgan fingerprint density at radius 1 is 0.943 bits per heavy atom. The number of hydrogen-bond donors (Lipinski definition) is 0. The van der Waals surface area contributed by atoms with E-state index < -0.39 is 29.4 Å². The molecule has 0 saturated carbocycles. The van der Waals surface area contributed by atoms with Crippen LogP contribution in [0.2, 0.25) is 0 Å². The van der Waals surface area contributed by atoms with Crippen molar-refractivity contribution in [2.45, 2.75) is 38.7 Å². The first kappa shape index (κ1) is 26.7. The zero-order chi connectivity index (χ0) is 25.6. The standard InChI is InChI=1S/C26H31F3N2O4/c1-19(32)35-25(2,3)24(33)31-14-12-30(13-15-31)16-17-34-23(20-8-5-4-6-9-20)21-10-7-11-22(18-21)26(27,28)29/h4-11,18,23H,12-17H2,1-3H3. The molecule has 1 unspecified atom stereocenters. The van der Waals surface area contributed by atoms with Crippen molar-refractivity contribution in [1.29, 1.82) is 0 Å². The average molecular weight is 493 g/mol. The van der Waals surface area contributed by atoms with Crippen LogP contribution in [0.25, 0.3) is 0 Å². The van der Waals surface area contributed by atoms with Crippen molar-refractivity contribution in [2.24, 2.45) is 0 Å². The fourth-order valence-corrected chi connectivity index (χ4v) is 4.15. The molecule has 1 saturated heterocycles. The van der Waals surface area contributed by atoms with Crippen LogP contribution in [0, 0.1) is 0 Å². The number of carbonyl (C=O) groups excluding carboxylic acids is 2. The van der Waals surface area contributed by atoms with Crippen molar-refractivity contribution in [3.63, 3.8) is 0 Å². The molecule has 1 heterocycles. The lowest BCUT2D eigenvalue weighted by Gasteiger charge is -2.38. The second kappa shape index (κ2) is 11.2. The molecule has 0 aliphatic carbocycles. The second-order valence-corrected chi connectivity index (χ2v) is 9.02. The smallest absolute Gasteiger partial charge is 0.416 e. The third kappa shape index (κ3) is 7.29. The molecule has 35 heavy (non-hydrogen) atoms. The lowest BCUT2D eigenvalue weighted by atomic mass is 9.99. The van der Waals surface area contributed by atoms with Crippen LogP contribution in [0.15, 0.2) is 54.6 Å². The summed E-state index contributed by atoms with van der Waals surface area (Å²) < 4.78 is 51.0. The molecule has 0 spiro atoms. The number of benzene rings is 2. The van der Waals surface area contributed by atoms with Gasteiger partial charge < -0.3 is 14.4 Å². The summed E-state index contributed by atoms with van der Waals surface area (Å²) >= 11 is 0. The number of piperazine rings is 1. The normalized spacial score (nSPS) is 16.1. The molecular weight excluding hydrogens is 461 g/mol. The summed E-state index contributed by atoms with van der Waals surface area (Å²) in [6, 6.07) is 14.4. The Morgan fingerprint density at radius 2 is 1.57 bits per heavy atom. The van der Waals surface area contributed by atoms with Crippen molar-refractivity contribution in [1.82, 2.24) is 9.80 Å². The Morgan fingerprint density at radius 3 is 2.17 bits per heavy atom. The Kier molecular flexibility index (Phi) is 8.56. The summed E-state index contributed by atoms with van der Waals surface area (Å²) in [4.78, 5) is 27.8. The maximum atomic E-state index is 13.3. The van der Waals surface area contributed by atoms with Crippen molar-refractivity contribution in [2.75, 3.05) is 39.3 Å². The van der Waals surface area contributed by atoms with E-state index in [9.17, 15) is 22.8 Å². The third-order valence-corrected chi connectivity index (χ3v) is 5.88. The van der Waals surface area contributed by atoms with E-state index in [0.717, 1.165) is 17.7 Å². The minimum atomic E-state index is -4.43. The van der Waals surface area contributed by atoms with Crippen molar-refractivity contribution in [3.05, 3.63) is 71.3 Å². The number of amides is 1. The number of carbonyl (C=O) groups is 2. The number of ether oxygens (including phenoxy) is 2. The van der Waals surface area contributed by atoms with Crippen molar-refractivity contribution < 1.29 is 32.2 Å². The van der Waals surface area contributed by atoms with Gasteiger partial charge in [0.15, 0.2) is 5.60 Å². The van der Waals surface area contributed by atoms with Gasteiger partial charge in [0.05, 0.1) is 12.2 Å². The zero-order valence-corrected chi connectivity index (χ0v) is 20.2. The molecule has 0 aromatic heterocycles. The first-order valence-electron chi connectivity index (χ1n) is 11.5. The van der Waals surface area contributed by atoms with E-state index in [2.05, 4.69) is 4.90 Å². The van der Waals surface area contributed by atoms with Crippen LogP contribution in [0.3, 0.4) is 0 Å². The lowest BCUT2D eigenvalue weighted by molar-refractivity contribution is -0.169. The zero-order valence-electron chi connectivity index (χ0n) is 20.2. The number of esters is 1. The van der Waals surface area contributed by atoms with E-state index in [-0.39, 0.29) is 5.91 Å². The quantitative estimate of drug-likeness (QED) is 0.515. The molecule has 6 nitrogen and oxygen atoms in total. The van der Waals surface area contributed by atoms with Gasteiger partial charge in [0.1, 0.15) is 6.10 Å². The van der Waals surface area contributed by atoms with Gasteiger partial charge >= 0.3 is 12.1 Å². The van der Waals surface area contributed by atoms with E-state index in [1.165, 1.54) is 13.0 Å². The average Bonchev–Trinajstić information content (AvgIpc) is 2.81. The molecule has 1 aliphatic heterocycles. The first-order chi connectivity index (χ1) is 16.5. The van der Waals surface area contributed by atoms with Gasteiger partial charge in [-0.25, -0.2) is 0 Å². The maximum Gasteiger partial charge on any atom is 0.416 e. The Bertz CT molecular complexity index is 1000. The summed E-state index contributed by atoms with van der Waals surface area (Å²) in [5.74, 6) is -0.745. The molecule has 2 aromatic rings. The number of nitrogens with zero attached hydrogens (tertiary/aromatic N) is 2. The third-order valence-electron chi connectivity index (χ3n) is 5.88. The van der Waals surface area contributed by atoms with Gasteiger partial charge in [-0.1, -0.05) is 42.5 Å². The number of halogens is 3. The molecule has 1 atom stereocenters. The van der Waals surface area contributed by atoms with Crippen LogP contribution in [0.4, 0.5) is 13.2 Å². The summed E-state index contributed by atoms with van der Waals surface area (Å²) in [7, 11) is 0. The number of rotatable bonds is 8. The van der Waals surface area contributed by atoms with Crippen LogP contribution in [0.5, 0.6) is 0 Å². The summed E-state index contributed by atoms with van der Waals surface area (Å²) in [6.07, 6.45) is -5.07. The molecule has 1 fully saturated rings. The minimum absolute atomic E-state index is 0.239. The van der Waals surface area contributed by atoms with E-state index >= 15 is 0 Å². The van der Waals surface area contributed by atoms with E-state index in [1.807, 2.05) is 30.3 Å². The molecule has 190 valence electrons. The van der Waals surface area contributed by atoms with Crippen LogP contribution in [-0.2, 0) is 25.2 Å². The van der Waals surface area contributed by atoms with E-state index in [0.29, 0.717) is 44.9 Å². The largest absolute Gasteiger partial charge is 0.450 e. The van der Waals surface area contributed by atoms with Crippen LogP contribution < -0.4 is 0 Å². The summed E-state index contributed by atoms with van der Waals surface area (Å²) in [5, 5.41) is 0. The molecule has 0 N–H and O–H groups in total. The van der Waals surface area contributed by atoms with E-state index in [1.54, 1.807) is 24.8 Å². The summed E-state index contributed by atoms with van der Waals surface area (Å²) in [6.45, 7) is 7.51. The minimum Gasteiger partial charge on any atom is -0.450 e. The second-order valence-electron chi connectivity index (χ2n) is 9.02. The molecule has 3 rings (SSSR count). The molecule has 9 heteroatoms. The number of hydrogen-bond acceptors (Lipinski definition) is 5. The van der Waals surface area contributed by atoms with Crippen molar-refractivity contribution >= 4 is 11.9 Å². The Balaban J connectivity index is 1.59. The van der Waals surface area contributed by atoms with E-state index in [4.69, 9.17) is 9.47 Å².